The minimum atomic E-state index is -0.288. The van der Waals surface area contributed by atoms with Gasteiger partial charge in [-0.05, 0) is 62.4 Å². The molecule has 0 saturated carbocycles. The Morgan fingerprint density at radius 1 is 1.00 bits per heavy atom. The molecular weight excluding hydrogens is 482 g/mol. The number of nitrogens with zero attached hydrogens (tertiary/aromatic N) is 2. The largest absolute Gasteiger partial charge is 0.490 e. The number of ether oxygens (including phenoxy) is 2. The van der Waals surface area contributed by atoms with Crippen molar-refractivity contribution in [3.05, 3.63) is 88.7 Å². The molecule has 7 heteroatoms. The number of carbonyl (C=O) groups excluding carboxylic acids is 1. The van der Waals surface area contributed by atoms with E-state index in [1.807, 2.05) is 74.5 Å². The fourth-order valence-electron chi connectivity index (χ4n) is 3.70. The summed E-state index contributed by atoms with van der Waals surface area (Å²) in [5.41, 5.74) is 2.48. The standard InChI is InChI=1S/C26H26BrN3O3/c1-3-32-23-10-6-7-11-24(23)33-17-16-30-22-9-5-4-8-21(22)29-25(30)18(2)28-26(31)19-12-14-20(27)15-13-19/h4-15,18H,3,16-17H2,1-2H3,(H,28,31). The van der Waals surface area contributed by atoms with Crippen LogP contribution in [0.4, 0.5) is 0 Å². The van der Waals surface area contributed by atoms with E-state index in [4.69, 9.17) is 14.5 Å². The van der Waals surface area contributed by atoms with Gasteiger partial charge in [-0.2, -0.15) is 0 Å². The zero-order chi connectivity index (χ0) is 23.2. The van der Waals surface area contributed by atoms with Crippen LogP contribution in [0.15, 0.2) is 77.3 Å². The van der Waals surface area contributed by atoms with Crippen molar-refractivity contribution in [3.63, 3.8) is 0 Å². The minimum Gasteiger partial charge on any atom is -0.490 e. The molecule has 4 aromatic rings. The van der Waals surface area contributed by atoms with Gasteiger partial charge in [0.2, 0.25) is 0 Å². The molecule has 1 amide bonds. The second-order valence-corrected chi connectivity index (χ2v) is 8.46. The lowest BCUT2D eigenvalue weighted by Crippen LogP contribution is -2.29. The second kappa shape index (κ2) is 10.5. The Bertz CT molecular complexity index is 1240. The number of nitrogens with one attached hydrogen (secondary N) is 1. The molecule has 33 heavy (non-hydrogen) atoms. The normalized spacial score (nSPS) is 11.8. The molecule has 0 bridgehead atoms. The molecule has 3 aromatic carbocycles. The summed E-state index contributed by atoms with van der Waals surface area (Å²) in [5.74, 6) is 2.08. The average molecular weight is 508 g/mol. The highest BCUT2D eigenvalue weighted by Gasteiger charge is 2.19. The molecule has 0 aliphatic rings. The van der Waals surface area contributed by atoms with Gasteiger partial charge in [-0.1, -0.05) is 40.2 Å². The van der Waals surface area contributed by atoms with Crippen molar-refractivity contribution in [2.24, 2.45) is 0 Å². The molecule has 1 N–H and O–H groups in total. The van der Waals surface area contributed by atoms with Crippen molar-refractivity contribution in [2.45, 2.75) is 26.4 Å². The van der Waals surface area contributed by atoms with E-state index in [0.29, 0.717) is 31.1 Å². The lowest BCUT2D eigenvalue weighted by Gasteiger charge is -2.17. The highest BCUT2D eigenvalue weighted by Crippen LogP contribution is 2.27. The van der Waals surface area contributed by atoms with Gasteiger partial charge in [-0.25, -0.2) is 4.98 Å². The Morgan fingerprint density at radius 2 is 1.67 bits per heavy atom. The van der Waals surface area contributed by atoms with Gasteiger partial charge in [-0.3, -0.25) is 4.79 Å². The number of carbonyl (C=O) groups is 1. The molecule has 0 aliphatic heterocycles. The van der Waals surface area contributed by atoms with Crippen LogP contribution in [0.25, 0.3) is 11.0 Å². The number of rotatable bonds is 9. The molecule has 0 fully saturated rings. The van der Waals surface area contributed by atoms with Crippen LogP contribution in [-0.4, -0.2) is 28.7 Å². The van der Waals surface area contributed by atoms with Crippen LogP contribution in [0.5, 0.6) is 11.5 Å². The van der Waals surface area contributed by atoms with Gasteiger partial charge in [0.15, 0.2) is 11.5 Å². The van der Waals surface area contributed by atoms with Crippen LogP contribution < -0.4 is 14.8 Å². The number of imidazole rings is 1. The predicted octanol–water partition coefficient (Wildman–Crippen LogP) is 5.77. The Kier molecular flexibility index (Phi) is 7.29. The summed E-state index contributed by atoms with van der Waals surface area (Å²) in [5, 5.41) is 3.07. The van der Waals surface area contributed by atoms with Crippen molar-refractivity contribution < 1.29 is 14.3 Å². The number of hydrogen-bond donors (Lipinski definition) is 1. The first-order valence-corrected chi connectivity index (χ1v) is 11.7. The Morgan fingerprint density at radius 3 is 2.39 bits per heavy atom. The van der Waals surface area contributed by atoms with E-state index in [1.165, 1.54) is 0 Å². The highest BCUT2D eigenvalue weighted by atomic mass is 79.9. The molecule has 0 radical (unpaired) electrons. The van der Waals surface area contributed by atoms with Crippen LogP contribution in [0.2, 0.25) is 0 Å². The predicted molar refractivity (Wildman–Crippen MR) is 133 cm³/mol. The summed E-state index contributed by atoms with van der Waals surface area (Å²) in [4.78, 5) is 17.6. The smallest absolute Gasteiger partial charge is 0.251 e. The molecular formula is C26H26BrN3O3. The number of para-hydroxylation sites is 4. The number of amides is 1. The van der Waals surface area contributed by atoms with Crippen molar-refractivity contribution in [1.82, 2.24) is 14.9 Å². The SMILES string of the molecule is CCOc1ccccc1OCCn1c(C(C)NC(=O)c2ccc(Br)cc2)nc2ccccc21. The molecule has 4 rings (SSSR count). The Balaban J connectivity index is 1.53. The van der Waals surface area contributed by atoms with Gasteiger partial charge in [0.25, 0.3) is 5.91 Å². The number of halogens is 1. The zero-order valence-corrected chi connectivity index (χ0v) is 20.2. The van der Waals surface area contributed by atoms with E-state index in [1.54, 1.807) is 12.1 Å². The first-order valence-electron chi connectivity index (χ1n) is 10.9. The molecule has 1 aromatic heterocycles. The third-order valence-corrected chi connectivity index (χ3v) is 5.78. The second-order valence-electron chi connectivity index (χ2n) is 7.54. The summed E-state index contributed by atoms with van der Waals surface area (Å²) < 4.78 is 14.7. The third-order valence-electron chi connectivity index (χ3n) is 5.25. The Hall–Kier alpha value is -3.32. The van der Waals surface area contributed by atoms with Crippen molar-refractivity contribution >= 4 is 32.9 Å². The topological polar surface area (TPSA) is 65.4 Å². The van der Waals surface area contributed by atoms with E-state index in [9.17, 15) is 4.79 Å². The molecule has 0 spiro atoms. The maximum absolute atomic E-state index is 12.8. The van der Waals surface area contributed by atoms with E-state index in [0.717, 1.165) is 27.1 Å². The summed E-state index contributed by atoms with van der Waals surface area (Å²) in [6.45, 7) is 5.48. The van der Waals surface area contributed by atoms with Gasteiger partial charge >= 0.3 is 0 Å². The molecule has 1 heterocycles. The summed E-state index contributed by atoms with van der Waals surface area (Å²) in [6, 6.07) is 22.6. The average Bonchev–Trinajstić information content (AvgIpc) is 3.19. The number of fused-ring (bicyclic) bond motifs is 1. The van der Waals surface area contributed by atoms with Crippen LogP contribution in [0.3, 0.4) is 0 Å². The summed E-state index contributed by atoms with van der Waals surface area (Å²) in [7, 11) is 0. The van der Waals surface area contributed by atoms with Crippen molar-refractivity contribution in [3.8, 4) is 11.5 Å². The van der Waals surface area contributed by atoms with Gasteiger partial charge in [0, 0.05) is 10.0 Å². The zero-order valence-electron chi connectivity index (χ0n) is 18.6. The molecule has 1 unspecified atom stereocenters. The molecule has 0 saturated heterocycles. The van der Waals surface area contributed by atoms with E-state index >= 15 is 0 Å². The first kappa shape index (κ1) is 22.9. The van der Waals surface area contributed by atoms with E-state index in [2.05, 4.69) is 25.8 Å². The first-order chi connectivity index (χ1) is 16.1. The fourth-order valence-corrected chi connectivity index (χ4v) is 3.96. The minimum absolute atomic E-state index is 0.143. The van der Waals surface area contributed by atoms with Crippen LogP contribution in [-0.2, 0) is 6.54 Å². The fraction of sp³-hybridized carbons (Fsp3) is 0.231. The summed E-state index contributed by atoms with van der Waals surface area (Å²) in [6.07, 6.45) is 0. The van der Waals surface area contributed by atoms with E-state index < -0.39 is 0 Å². The van der Waals surface area contributed by atoms with Gasteiger partial charge < -0.3 is 19.4 Å². The number of hydrogen-bond acceptors (Lipinski definition) is 4. The van der Waals surface area contributed by atoms with Crippen molar-refractivity contribution in [1.29, 1.82) is 0 Å². The number of benzene rings is 3. The van der Waals surface area contributed by atoms with Gasteiger partial charge in [0.1, 0.15) is 12.4 Å². The number of aromatic nitrogens is 2. The highest BCUT2D eigenvalue weighted by molar-refractivity contribution is 9.10. The van der Waals surface area contributed by atoms with Crippen LogP contribution in [0.1, 0.15) is 36.1 Å². The lowest BCUT2D eigenvalue weighted by molar-refractivity contribution is 0.0937. The van der Waals surface area contributed by atoms with Crippen LogP contribution in [0, 0.1) is 0 Å². The monoisotopic (exact) mass is 507 g/mol. The Labute approximate surface area is 201 Å². The molecule has 6 nitrogen and oxygen atoms in total. The molecule has 1 atom stereocenters. The quantitative estimate of drug-likeness (QED) is 0.312. The maximum atomic E-state index is 12.8. The lowest BCUT2D eigenvalue weighted by atomic mass is 10.2. The maximum Gasteiger partial charge on any atom is 0.251 e. The molecule has 170 valence electrons. The molecule has 0 aliphatic carbocycles. The van der Waals surface area contributed by atoms with Gasteiger partial charge in [-0.15, -0.1) is 0 Å². The van der Waals surface area contributed by atoms with Crippen molar-refractivity contribution in [2.75, 3.05) is 13.2 Å². The van der Waals surface area contributed by atoms with Crippen LogP contribution >= 0.6 is 15.9 Å². The van der Waals surface area contributed by atoms with Gasteiger partial charge in [0.05, 0.1) is 30.2 Å². The van der Waals surface area contributed by atoms with E-state index in [-0.39, 0.29) is 11.9 Å². The summed E-state index contributed by atoms with van der Waals surface area (Å²) >= 11 is 3.40. The third kappa shape index (κ3) is 5.37.